The monoisotopic (exact) mass is 376 g/mol. The highest BCUT2D eigenvalue weighted by molar-refractivity contribution is 7.91. The second-order valence-electron chi connectivity index (χ2n) is 6.27. The van der Waals surface area contributed by atoms with Crippen molar-refractivity contribution in [1.82, 2.24) is 9.97 Å². The number of rotatable bonds is 5. The highest BCUT2D eigenvalue weighted by Gasteiger charge is 2.32. The molecule has 1 saturated heterocycles. The molecule has 2 aromatic rings. The number of fused-ring (bicyclic) bond motifs is 1. The molecule has 1 unspecified atom stereocenters. The molecule has 8 nitrogen and oxygen atoms in total. The molecule has 0 spiro atoms. The first-order chi connectivity index (χ1) is 12.5. The fraction of sp³-hybridized carbons (Fsp3) is 0.412. The zero-order valence-corrected chi connectivity index (χ0v) is 15.2. The molecule has 0 amide bonds. The molecule has 1 fully saturated rings. The van der Waals surface area contributed by atoms with E-state index in [4.69, 9.17) is 9.47 Å². The molecule has 0 radical (unpaired) electrons. The van der Waals surface area contributed by atoms with E-state index in [1.54, 1.807) is 12.3 Å². The van der Waals surface area contributed by atoms with Crippen molar-refractivity contribution in [2.45, 2.75) is 19.4 Å². The summed E-state index contributed by atoms with van der Waals surface area (Å²) in [5.41, 5.74) is 0.790. The van der Waals surface area contributed by atoms with Gasteiger partial charge in [-0.1, -0.05) is 0 Å². The fourth-order valence-corrected chi connectivity index (χ4v) is 5.03. The SMILES string of the molecule is CCN(c1ccnc(Nc2ccc3c(c2)OCO3)n1)C1CCS(=O)(=O)C1. The fourth-order valence-electron chi connectivity index (χ4n) is 3.30. The average molecular weight is 376 g/mol. The summed E-state index contributed by atoms with van der Waals surface area (Å²) in [6.45, 7) is 2.90. The summed E-state index contributed by atoms with van der Waals surface area (Å²) in [5.74, 6) is 2.97. The Labute approximate surface area is 152 Å². The summed E-state index contributed by atoms with van der Waals surface area (Å²) in [4.78, 5) is 10.8. The minimum absolute atomic E-state index is 0.0432. The number of anilines is 3. The zero-order chi connectivity index (χ0) is 18.1. The highest BCUT2D eigenvalue weighted by atomic mass is 32.2. The average Bonchev–Trinajstić information content (AvgIpc) is 3.22. The molecule has 3 heterocycles. The number of nitrogens with one attached hydrogen (secondary N) is 1. The number of benzene rings is 1. The Hall–Kier alpha value is -2.55. The summed E-state index contributed by atoms with van der Waals surface area (Å²) >= 11 is 0. The summed E-state index contributed by atoms with van der Waals surface area (Å²) in [7, 11) is -2.95. The Balaban J connectivity index is 1.54. The van der Waals surface area contributed by atoms with Gasteiger partial charge in [-0.3, -0.25) is 0 Å². The maximum atomic E-state index is 11.8. The molecule has 2 aliphatic rings. The van der Waals surface area contributed by atoms with Gasteiger partial charge in [-0.2, -0.15) is 4.98 Å². The van der Waals surface area contributed by atoms with Crippen molar-refractivity contribution < 1.29 is 17.9 Å². The lowest BCUT2D eigenvalue weighted by Crippen LogP contribution is -2.36. The van der Waals surface area contributed by atoms with Crippen LogP contribution in [0.5, 0.6) is 11.5 Å². The standard InChI is InChI=1S/C17H20N4O4S/c1-2-21(13-6-8-26(22,23)10-13)16-5-7-18-17(20-16)19-12-3-4-14-15(9-12)25-11-24-14/h3-5,7,9,13H,2,6,8,10-11H2,1H3,(H,18,19,20). The number of ether oxygens (including phenoxy) is 2. The van der Waals surface area contributed by atoms with Crippen molar-refractivity contribution in [3.8, 4) is 11.5 Å². The van der Waals surface area contributed by atoms with E-state index < -0.39 is 9.84 Å². The van der Waals surface area contributed by atoms with Crippen molar-refractivity contribution in [2.24, 2.45) is 0 Å². The molecule has 1 aromatic heterocycles. The molecule has 26 heavy (non-hydrogen) atoms. The first-order valence-corrected chi connectivity index (χ1v) is 10.3. The van der Waals surface area contributed by atoms with Crippen molar-refractivity contribution in [3.63, 3.8) is 0 Å². The van der Waals surface area contributed by atoms with Gasteiger partial charge < -0.3 is 19.7 Å². The number of sulfone groups is 1. The number of nitrogens with zero attached hydrogens (tertiary/aromatic N) is 3. The summed E-state index contributed by atoms with van der Waals surface area (Å²) in [5, 5.41) is 3.16. The Morgan fingerprint density at radius 2 is 2.12 bits per heavy atom. The van der Waals surface area contributed by atoms with E-state index in [9.17, 15) is 8.42 Å². The number of hydrogen-bond acceptors (Lipinski definition) is 8. The molecular formula is C17H20N4O4S. The summed E-state index contributed by atoms with van der Waals surface area (Å²) < 4.78 is 34.3. The summed E-state index contributed by atoms with van der Waals surface area (Å²) in [6.07, 6.45) is 2.30. The first kappa shape index (κ1) is 16.9. The minimum atomic E-state index is -2.95. The van der Waals surface area contributed by atoms with Crippen LogP contribution < -0.4 is 19.7 Å². The molecule has 9 heteroatoms. The van der Waals surface area contributed by atoms with E-state index in [1.165, 1.54) is 0 Å². The van der Waals surface area contributed by atoms with Gasteiger partial charge in [0.05, 0.1) is 11.5 Å². The molecular weight excluding hydrogens is 356 g/mol. The Morgan fingerprint density at radius 1 is 1.27 bits per heavy atom. The van der Waals surface area contributed by atoms with Crippen LogP contribution in [0.15, 0.2) is 30.5 Å². The quantitative estimate of drug-likeness (QED) is 0.846. The smallest absolute Gasteiger partial charge is 0.231 e. The van der Waals surface area contributed by atoms with Crippen LogP contribution in [0.1, 0.15) is 13.3 Å². The maximum absolute atomic E-state index is 11.8. The second-order valence-corrected chi connectivity index (χ2v) is 8.50. The van der Waals surface area contributed by atoms with Crippen LogP contribution in [-0.2, 0) is 9.84 Å². The lowest BCUT2D eigenvalue weighted by Gasteiger charge is -2.28. The number of aromatic nitrogens is 2. The van der Waals surface area contributed by atoms with Crippen LogP contribution in [0.2, 0.25) is 0 Å². The lowest BCUT2D eigenvalue weighted by atomic mass is 10.2. The predicted molar refractivity (Wildman–Crippen MR) is 98.0 cm³/mol. The zero-order valence-electron chi connectivity index (χ0n) is 14.4. The molecule has 2 aliphatic heterocycles. The molecule has 1 aromatic carbocycles. The first-order valence-electron chi connectivity index (χ1n) is 8.51. The van der Waals surface area contributed by atoms with Crippen LogP contribution in [0.3, 0.4) is 0 Å². The van der Waals surface area contributed by atoms with Crippen LogP contribution in [-0.4, -0.2) is 49.3 Å². The van der Waals surface area contributed by atoms with Gasteiger partial charge in [-0.15, -0.1) is 0 Å². The van der Waals surface area contributed by atoms with E-state index in [-0.39, 0.29) is 24.3 Å². The molecule has 0 bridgehead atoms. The van der Waals surface area contributed by atoms with E-state index >= 15 is 0 Å². The van der Waals surface area contributed by atoms with Gasteiger partial charge in [0.1, 0.15) is 5.82 Å². The molecule has 1 N–H and O–H groups in total. The maximum Gasteiger partial charge on any atom is 0.231 e. The van der Waals surface area contributed by atoms with Crippen molar-refractivity contribution in [1.29, 1.82) is 0 Å². The van der Waals surface area contributed by atoms with Crippen LogP contribution in [0, 0.1) is 0 Å². The Kier molecular flexibility index (Phi) is 4.31. The van der Waals surface area contributed by atoms with Gasteiger partial charge in [-0.05, 0) is 31.5 Å². The van der Waals surface area contributed by atoms with Crippen LogP contribution in [0.4, 0.5) is 17.5 Å². The summed E-state index contributed by atoms with van der Waals surface area (Å²) in [6, 6.07) is 7.29. The Bertz CT molecular complexity index is 919. The normalized spacial score (nSPS) is 20.1. The van der Waals surface area contributed by atoms with E-state index in [0.717, 1.165) is 5.69 Å². The van der Waals surface area contributed by atoms with Crippen molar-refractivity contribution >= 4 is 27.3 Å². The van der Waals surface area contributed by atoms with Gasteiger partial charge in [0.2, 0.25) is 12.7 Å². The third-order valence-electron chi connectivity index (χ3n) is 4.55. The van der Waals surface area contributed by atoms with Gasteiger partial charge in [0, 0.05) is 30.5 Å². The van der Waals surface area contributed by atoms with Crippen molar-refractivity contribution in [2.75, 3.05) is 35.1 Å². The van der Waals surface area contributed by atoms with Gasteiger partial charge in [0.15, 0.2) is 21.3 Å². The highest BCUT2D eigenvalue weighted by Crippen LogP contribution is 2.35. The molecule has 0 aliphatic carbocycles. The van der Waals surface area contributed by atoms with E-state index in [2.05, 4.69) is 15.3 Å². The minimum Gasteiger partial charge on any atom is -0.454 e. The third kappa shape index (κ3) is 3.39. The van der Waals surface area contributed by atoms with Crippen LogP contribution >= 0.6 is 0 Å². The van der Waals surface area contributed by atoms with E-state index in [0.29, 0.717) is 36.2 Å². The topological polar surface area (TPSA) is 93.7 Å². The second kappa shape index (κ2) is 6.64. The van der Waals surface area contributed by atoms with Gasteiger partial charge >= 0.3 is 0 Å². The number of hydrogen-bond donors (Lipinski definition) is 1. The molecule has 0 saturated carbocycles. The van der Waals surface area contributed by atoms with Gasteiger partial charge in [0.25, 0.3) is 0 Å². The van der Waals surface area contributed by atoms with E-state index in [1.807, 2.05) is 30.0 Å². The molecule has 4 rings (SSSR count). The Morgan fingerprint density at radius 3 is 2.88 bits per heavy atom. The third-order valence-corrected chi connectivity index (χ3v) is 6.30. The lowest BCUT2D eigenvalue weighted by molar-refractivity contribution is 0.174. The van der Waals surface area contributed by atoms with Crippen LogP contribution in [0.25, 0.3) is 0 Å². The van der Waals surface area contributed by atoms with Gasteiger partial charge in [-0.25, -0.2) is 13.4 Å². The molecule has 1 atom stereocenters. The largest absolute Gasteiger partial charge is 0.454 e. The predicted octanol–water partition coefficient (Wildman–Crippen LogP) is 1.96. The van der Waals surface area contributed by atoms with Crippen molar-refractivity contribution in [3.05, 3.63) is 30.5 Å². The molecule has 138 valence electrons.